The molecule has 4 nitrogen and oxygen atoms in total. The number of amides is 2. The van der Waals surface area contributed by atoms with Crippen LogP contribution in [0.2, 0.25) is 0 Å². The molecule has 112 valence electrons. The Balaban J connectivity index is 2.30. The van der Waals surface area contributed by atoms with Crippen molar-refractivity contribution >= 4 is 29.1 Å². The highest BCUT2D eigenvalue weighted by molar-refractivity contribution is 8.04. The van der Waals surface area contributed by atoms with Gasteiger partial charge in [-0.1, -0.05) is 37.3 Å². The van der Waals surface area contributed by atoms with Gasteiger partial charge in [-0.2, -0.15) is 0 Å². The molecule has 0 fully saturated rings. The van der Waals surface area contributed by atoms with E-state index in [4.69, 9.17) is 4.74 Å². The summed E-state index contributed by atoms with van der Waals surface area (Å²) in [7, 11) is 1.61. The number of ether oxygens (including phenoxy) is 1. The molecule has 1 aliphatic rings. The fourth-order valence-electron chi connectivity index (χ4n) is 2.26. The largest absolute Gasteiger partial charge is 0.385 e. The molecular weight excluding hydrogens is 286 g/mol. The molecule has 2 rings (SSSR count). The summed E-state index contributed by atoms with van der Waals surface area (Å²) in [5.41, 5.74) is 1.34. The highest BCUT2D eigenvalue weighted by atomic mass is 32.2. The number of methoxy groups -OCH3 is 1. The molecule has 2 amide bonds. The second kappa shape index (κ2) is 7.43. The average Bonchev–Trinajstić information content (AvgIpc) is 2.73. The molecule has 1 aromatic carbocycles. The first kappa shape index (κ1) is 15.8. The molecule has 0 bridgehead atoms. The topological polar surface area (TPSA) is 46.6 Å². The van der Waals surface area contributed by atoms with Gasteiger partial charge in [-0.05, 0) is 17.7 Å². The van der Waals surface area contributed by atoms with Crippen LogP contribution in [0.15, 0.2) is 35.2 Å². The number of hydrogen-bond donors (Lipinski definition) is 0. The van der Waals surface area contributed by atoms with Crippen LogP contribution in [0.1, 0.15) is 18.9 Å². The van der Waals surface area contributed by atoms with E-state index in [1.54, 1.807) is 7.11 Å². The van der Waals surface area contributed by atoms with Crippen molar-refractivity contribution in [3.8, 4) is 0 Å². The lowest BCUT2D eigenvalue weighted by molar-refractivity contribution is -0.136. The van der Waals surface area contributed by atoms with Crippen LogP contribution >= 0.6 is 11.8 Å². The van der Waals surface area contributed by atoms with E-state index >= 15 is 0 Å². The van der Waals surface area contributed by atoms with Gasteiger partial charge in [0, 0.05) is 20.3 Å². The Morgan fingerprint density at radius 2 is 1.86 bits per heavy atom. The SMILES string of the molecule is CCSC1=C(c2ccccc2)C(=O)N(CCCOC)C1=O. The van der Waals surface area contributed by atoms with E-state index in [1.165, 1.54) is 16.7 Å². The second-order valence-corrected chi connectivity index (χ2v) is 5.89. The smallest absolute Gasteiger partial charge is 0.267 e. The molecule has 1 aromatic rings. The molecule has 0 unspecified atom stereocenters. The molecule has 21 heavy (non-hydrogen) atoms. The zero-order valence-electron chi connectivity index (χ0n) is 12.3. The van der Waals surface area contributed by atoms with Gasteiger partial charge in [0.05, 0.1) is 10.5 Å². The molecule has 5 heteroatoms. The number of thioether (sulfide) groups is 1. The second-order valence-electron chi connectivity index (χ2n) is 4.61. The number of hydrogen-bond acceptors (Lipinski definition) is 4. The highest BCUT2D eigenvalue weighted by Gasteiger charge is 2.38. The summed E-state index contributed by atoms with van der Waals surface area (Å²) in [5.74, 6) is 0.386. The molecule has 1 aliphatic heterocycles. The van der Waals surface area contributed by atoms with Crippen LogP contribution in [0.5, 0.6) is 0 Å². The fourth-order valence-corrected chi connectivity index (χ4v) is 3.13. The van der Waals surface area contributed by atoms with E-state index in [-0.39, 0.29) is 11.8 Å². The van der Waals surface area contributed by atoms with Crippen molar-refractivity contribution in [1.82, 2.24) is 4.90 Å². The first-order valence-electron chi connectivity index (χ1n) is 6.98. The van der Waals surface area contributed by atoms with Crippen LogP contribution in [-0.4, -0.2) is 42.7 Å². The molecule has 0 aliphatic carbocycles. The highest BCUT2D eigenvalue weighted by Crippen LogP contribution is 2.35. The Labute approximate surface area is 129 Å². The molecule has 1 heterocycles. The van der Waals surface area contributed by atoms with Gasteiger partial charge in [-0.15, -0.1) is 11.8 Å². The van der Waals surface area contributed by atoms with E-state index in [9.17, 15) is 9.59 Å². The first-order valence-corrected chi connectivity index (χ1v) is 7.96. The third kappa shape index (κ3) is 3.36. The Kier molecular flexibility index (Phi) is 5.59. The summed E-state index contributed by atoms with van der Waals surface area (Å²) in [4.78, 5) is 27.0. The maximum absolute atomic E-state index is 12.6. The normalized spacial score (nSPS) is 15.2. The molecule has 0 radical (unpaired) electrons. The third-order valence-corrected chi connectivity index (χ3v) is 4.16. The molecule has 0 N–H and O–H groups in total. The van der Waals surface area contributed by atoms with Gasteiger partial charge in [-0.25, -0.2) is 0 Å². The zero-order valence-corrected chi connectivity index (χ0v) is 13.1. The lowest BCUT2D eigenvalue weighted by Crippen LogP contribution is -2.33. The van der Waals surface area contributed by atoms with Crippen LogP contribution in [-0.2, 0) is 14.3 Å². The fraction of sp³-hybridized carbons (Fsp3) is 0.375. The number of benzene rings is 1. The standard InChI is InChI=1S/C16H19NO3S/c1-3-21-14-13(12-8-5-4-6-9-12)15(18)17(16(14)19)10-7-11-20-2/h4-6,8-9H,3,7,10-11H2,1-2H3. The van der Waals surface area contributed by atoms with Gasteiger partial charge in [0.1, 0.15) is 0 Å². The predicted molar refractivity (Wildman–Crippen MR) is 84.7 cm³/mol. The van der Waals surface area contributed by atoms with Crippen LogP contribution in [0.25, 0.3) is 5.57 Å². The van der Waals surface area contributed by atoms with Gasteiger partial charge in [0.15, 0.2) is 0 Å². The van der Waals surface area contributed by atoms with Crippen molar-refractivity contribution in [2.45, 2.75) is 13.3 Å². The monoisotopic (exact) mass is 305 g/mol. The molecule has 0 aromatic heterocycles. The van der Waals surface area contributed by atoms with Gasteiger partial charge >= 0.3 is 0 Å². The number of carbonyl (C=O) groups excluding carboxylic acids is 2. The Hall–Kier alpha value is -1.59. The maximum atomic E-state index is 12.6. The molecular formula is C16H19NO3S. The number of carbonyl (C=O) groups is 2. The minimum absolute atomic E-state index is 0.179. The number of nitrogens with zero attached hydrogens (tertiary/aromatic N) is 1. The summed E-state index contributed by atoms with van der Waals surface area (Å²) >= 11 is 1.43. The molecule has 0 saturated heterocycles. The maximum Gasteiger partial charge on any atom is 0.267 e. The van der Waals surface area contributed by atoms with E-state index in [0.717, 1.165) is 11.3 Å². The minimum atomic E-state index is -0.196. The van der Waals surface area contributed by atoms with Crippen molar-refractivity contribution in [3.05, 3.63) is 40.8 Å². The van der Waals surface area contributed by atoms with Crippen molar-refractivity contribution in [1.29, 1.82) is 0 Å². The summed E-state index contributed by atoms with van der Waals surface area (Å²) in [5, 5.41) is 0. The van der Waals surface area contributed by atoms with Gasteiger partial charge in [0.25, 0.3) is 11.8 Å². The minimum Gasteiger partial charge on any atom is -0.385 e. The molecule has 0 atom stereocenters. The van der Waals surface area contributed by atoms with Crippen molar-refractivity contribution < 1.29 is 14.3 Å². The van der Waals surface area contributed by atoms with E-state index in [2.05, 4.69) is 0 Å². The van der Waals surface area contributed by atoms with Crippen molar-refractivity contribution in [2.75, 3.05) is 26.0 Å². The van der Waals surface area contributed by atoms with E-state index in [1.807, 2.05) is 37.3 Å². The Morgan fingerprint density at radius 1 is 1.14 bits per heavy atom. The third-order valence-electron chi connectivity index (χ3n) is 3.21. The van der Waals surface area contributed by atoms with Gasteiger partial charge in [-0.3, -0.25) is 14.5 Å². The van der Waals surface area contributed by atoms with Gasteiger partial charge in [0.2, 0.25) is 0 Å². The lowest BCUT2D eigenvalue weighted by Gasteiger charge is -2.14. The quantitative estimate of drug-likeness (QED) is 0.574. The van der Waals surface area contributed by atoms with Gasteiger partial charge < -0.3 is 4.74 Å². The molecule has 0 spiro atoms. The Bertz CT molecular complexity index is 554. The van der Waals surface area contributed by atoms with E-state index < -0.39 is 0 Å². The van der Waals surface area contributed by atoms with E-state index in [0.29, 0.717) is 30.1 Å². The predicted octanol–water partition coefficient (Wildman–Crippen LogP) is 2.56. The van der Waals surface area contributed by atoms with Crippen molar-refractivity contribution in [2.24, 2.45) is 0 Å². The van der Waals surface area contributed by atoms with Crippen LogP contribution in [0, 0.1) is 0 Å². The number of imide groups is 1. The average molecular weight is 305 g/mol. The van der Waals surface area contributed by atoms with Crippen LogP contribution in [0.3, 0.4) is 0 Å². The summed E-state index contributed by atoms with van der Waals surface area (Å²) in [6, 6.07) is 9.39. The summed E-state index contributed by atoms with van der Waals surface area (Å²) in [6.07, 6.45) is 0.653. The number of rotatable bonds is 7. The molecule has 0 saturated carbocycles. The zero-order chi connectivity index (χ0) is 15.2. The summed E-state index contributed by atoms with van der Waals surface area (Å²) in [6.45, 7) is 2.91. The lowest BCUT2D eigenvalue weighted by atomic mass is 10.1. The van der Waals surface area contributed by atoms with Crippen molar-refractivity contribution in [3.63, 3.8) is 0 Å². The summed E-state index contributed by atoms with van der Waals surface area (Å²) < 4.78 is 4.99. The first-order chi connectivity index (χ1) is 10.2. The Morgan fingerprint density at radius 3 is 2.48 bits per heavy atom. The van der Waals surface area contributed by atoms with Crippen LogP contribution in [0.4, 0.5) is 0 Å². The van der Waals surface area contributed by atoms with Crippen LogP contribution < -0.4 is 0 Å².